The summed E-state index contributed by atoms with van der Waals surface area (Å²) in [6.45, 7) is 2.24. The third kappa shape index (κ3) is 3.14. The van der Waals surface area contributed by atoms with Crippen LogP contribution in [0.2, 0.25) is 0 Å². The number of aliphatic hydroxyl groups excluding tert-OH is 1. The molecule has 1 N–H and O–H groups in total. The Morgan fingerprint density at radius 3 is 2.79 bits per heavy atom. The highest BCUT2D eigenvalue weighted by Gasteiger charge is 2.35. The second kappa shape index (κ2) is 5.87. The van der Waals surface area contributed by atoms with Crippen LogP contribution in [0, 0.1) is 25.2 Å². The van der Waals surface area contributed by atoms with Crippen molar-refractivity contribution in [1.29, 1.82) is 0 Å². The monoisotopic (exact) mass is 260 g/mol. The van der Waals surface area contributed by atoms with E-state index in [-0.39, 0.29) is 12.5 Å². The predicted molar refractivity (Wildman–Crippen MR) is 69.5 cm³/mol. The fraction of sp³-hybridized carbons (Fsp3) is 0.400. The van der Waals surface area contributed by atoms with Gasteiger partial charge in [-0.15, -0.1) is 6.42 Å². The number of terminal acetylenes is 1. The van der Waals surface area contributed by atoms with E-state index in [1.807, 2.05) is 19.1 Å². The minimum atomic E-state index is -0.782. The molecular weight excluding hydrogens is 244 g/mol. The topological polar surface area (TPSA) is 55.8 Å². The number of hydrogen-bond acceptors (Lipinski definition) is 4. The van der Waals surface area contributed by atoms with Crippen molar-refractivity contribution in [3.63, 3.8) is 0 Å². The quantitative estimate of drug-likeness (QED) is 0.654. The van der Waals surface area contributed by atoms with Gasteiger partial charge < -0.3 is 14.6 Å². The van der Waals surface area contributed by atoms with E-state index < -0.39 is 18.2 Å². The molecular formula is C15H16O4. The third-order valence-electron chi connectivity index (χ3n) is 3.16. The molecule has 0 saturated carbocycles. The van der Waals surface area contributed by atoms with E-state index in [2.05, 4.69) is 5.92 Å². The van der Waals surface area contributed by atoms with Crippen LogP contribution in [0.1, 0.15) is 15.9 Å². The van der Waals surface area contributed by atoms with E-state index >= 15 is 0 Å². The van der Waals surface area contributed by atoms with Crippen molar-refractivity contribution in [1.82, 2.24) is 0 Å². The minimum absolute atomic E-state index is 0.00601. The first-order valence-corrected chi connectivity index (χ1v) is 6.11. The Bertz CT molecular complexity index is 486. The molecule has 100 valence electrons. The summed E-state index contributed by atoms with van der Waals surface area (Å²) in [5, 5.41) is 9.81. The van der Waals surface area contributed by atoms with Crippen LogP contribution in [0.15, 0.2) is 24.3 Å². The Morgan fingerprint density at radius 1 is 1.53 bits per heavy atom. The number of carbonyl (C=O) groups is 1. The van der Waals surface area contributed by atoms with E-state index in [1.165, 1.54) is 0 Å². The zero-order valence-electron chi connectivity index (χ0n) is 10.7. The number of esters is 1. The molecule has 0 amide bonds. The summed E-state index contributed by atoms with van der Waals surface area (Å²) in [5.41, 5.74) is 1.55. The molecule has 1 aromatic rings. The van der Waals surface area contributed by atoms with Crippen LogP contribution in [0.3, 0.4) is 0 Å². The highest BCUT2D eigenvalue weighted by atomic mass is 16.6. The van der Waals surface area contributed by atoms with E-state index in [9.17, 15) is 9.90 Å². The van der Waals surface area contributed by atoms with Crippen LogP contribution in [-0.2, 0) is 9.47 Å². The molecule has 1 aliphatic rings. The first-order chi connectivity index (χ1) is 9.11. The molecule has 0 bridgehead atoms. The van der Waals surface area contributed by atoms with Gasteiger partial charge in [0.1, 0.15) is 12.7 Å². The first-order valence-electron chi connectivity index (χ1n) is 6.11. The zero-order valence-corrected chi connectivity index (χ0v) is 10.7. The predicted octanol–water partition coefficient (Wildman–Crippen LogP) is 1.16. The van der Waals surface area contributed by atoms with Crippen molar-refractivity contribution in [2.45, 2.75) is 19.1 Å². The summed E-state index contributed by atoms with van der Waals surface area (Å²) in [5.74, 6) is 1.69. The van der Waals surface area contributed by atoms with Crippen molar-refractivity contribution >= 4 is 5.97 Å². The van der Waals surface area contributed by atoms with E-state index in [0.29, 0.717) is 12.2 Å². The highest BCUT2D eigenvalue weighted by molar-refractivity contribution is 5.89. The molecule has 2 rings (SSSR count). The molecule has 1 aromatic carbocycles. The SMILES string of the molecule is C#C[C@@H]1CO[C@H](COC(=O)c2ccc(C)cc2)[C@H]1O. The summed E-state index contributed by atoms with van der Waals surface area (Å²) in [6.07, 6.45) is 3.92. The smallest absolute Gasteiger partial charge is 0.338 e. The maximum absolute atomic E-state index is 11.8. The molecule has 0 aromatic heterocycles. The number of rotatable bonds is 3. The van der Waals surface area contributed by atoms with Gasteiger partial charge in [0.15, 0.2) is 0 Å². The number of benzene rings is 1. The molecule has 0 unspecified atom stereocenters. The van der Waals surface area contributed by atoms with Crippen molar-refractivity contribution in [2.75, 3.05) is 13.2 Å². The van der Waals surface area contributed by atoms with Crippen molar-refractivity contribution in [3.05, 3.63) is 35.4 Å². The molecule has 1 aliphatic heterocycles. The Hall–Kier alpha value is -1.83. The second-order valence-electron chi connectivity index (χ2n) is 4.60. The lowest BCUT2D eigenvalue weighted by Gasteiger charge is -2.15. The highest BCUT2D eigenvalue weighted by Crippen LogP contribution is 2.20. The summed E-state index contributed by atoms with van der Waals surface area (Å²) >= 11 is 0. The van der Waals surface area contributed by atoms with E-state index in [0.717, 1.165) is 5.56 Å². The fourth-order valence-electron chi connectivity index (χ4n) is 1.91. The van der Waals surface area contributed by atoms with Crippen LogP contribution in [0.5, 0.6) is 0 Å². The van der Waals surface area contributed by atoms with Crippen LogP contribution in [-0.4, -0.2) is 36.5 Å². The van der Waals surface area contributed by atoms with Gasteiger partial charge >= 0.3 is 5.97 Å². The van der Waals surface area contributed by atoms with Crippen molar-refractivity contribution in [3.8, 4) is 12.3 Å². The molecule has 4 heteroatoms. The largest absolute Gasteiger partial charge is 0.459 e. The van der Waals surface area contributed by atoms with Gasteiger partial charge in [-0.1, -0.05) is 23.6 Å². The number of hydrogen-bond donors (Lipinski definition) is 1. The Kier molecular flexibility index (Phi) is 4.20. The maximum atomic E-state index is 11.8. The number of aliphatic hydroxyl groups is 1. The third-order valence-corrected chi connectivity index (χ3v) is 3.16. The zero-order chi connectivity index (χ0) is 13.8. The van der Waals surface area contributed by atoms with Gasteiger partial charge in [0.25, 0.3) is 0 Å². The standard InChI is InChI=1S/C15H16O4/c1-3-11-8-18-13(14(11)16)9-19-15(17)12-6-4-10(2)5-7-12/h1,4-7,11,13-14,16H,8-9H2,2H3/t11-,13-,14+/m1/s1. The molecule has 0 radical (unpaired) electrons. The number of aryl methyl sites for hydroxylation is 1. The molecule has 0 aliphatic carbocycles. The molecule has 4 nitrogen and oxygen atoms in total. The summed E-state index contributed by atoms with van der Waals surface area (Å²) in [6, 6.07) is 7.08. The Morgan fingerprint density at radius 2 is 2.21 bits per heavy atom. The lowest BCUT2D eigenvalue weighted by atomic mass is 10.0. The summed E-state index contributed by atoms with van der Waals surface area (Å²) < 4.78 is 10.4. The lowest BCUT2D eigenvalue weighted by Crippen LogP contribution is -2.30. The van der Waals surface area contributed by atoms with E-state index in [1.54, 1.807) is 12.1 Å². The molecule has 0 spiro atoms. The van der Waals surface area contributed by atoms with Crippen molar-refractivity contribution < 1.29 is 19.4 Å². The van der Waals surface area contributed by atoms with Crippen LogP contribution in [0.4, 0.5) is 0 Å². The molecule has 19 heavy (non-hydrogen) atoms. The Balaban J connectivity index is 1.88. The summed E-state index contributed by atoms with van der Waals surface area (Å²) in [7, 11) is 0. The van der Waals surface area contributed by atoms with Gasteiger partial charge in [0.2, 0.25) is 0 Å². The first kappa shape index (κ1) is 13.6. The Labute approximate surface area is 112 Å². The number of carbonyl (C=O) groups excluding carboxylic acids is 1. The fourth-order valence-corrected chi connectivity index (χ4v) is 1.91. The van der Waals surface area contributed by atoms with Gasteiger partial charge in [-0.05, 0) is 19.1 Å². The normalized spacial score (nSPS) is 25.8. The van der Waals surface area contributed by atoms with Gasteiger partial charge in [0, 0.05) is 0 Å². The summed E-state index contributed by atoms with van der Waals surface area (Å²) in [4.78, 5) is 11.8. The van der Waals surface area contributed by atoms with Crippen LogP contribution >= 0.6 is 0 Å². The lowest BCUT2D eigenvalue weighted by molar-refractivity contribution is -0.0151. The molecule has 1 fully saturated rings. The molecule has 1 heterocycles. The number of ether oxygens (including phenoxy) is 2. The van der Waals surface area contributed by atoms with Gasteiger partial charge in [-0.2, -0.15) is 0 Å². The van der Waals surface area contributed by atoms with Gasteiger partial charge in [0.05, 0.1) is 24.2 Å². The van der Waals surface area contributed by atoms with E-state index in [4.69, 9.17) is 15.9 Å². The van der Waals surface area contributed by atoms with Crippen LogP contribution < -0.4 is 0 Å². The minimum Gasteiger partial charge on any atom is -0.459 e. The average Bonchev–Trinajstić information content (AvgIpc) is 2.77. The average molecular weight is 260 g/mol. The van der Waals surface area contributed by atoms with Crippen LogP contribution in [0.25, 0.3) is 0 Å². The maximum Gasteiger partial charge on any atom is 0.338 e. The van der Waals surface area contributed by atoms with Gasteiger partial charge in [-0.3, -0.25) is 0 Å². The second-order valence-corrected chi connectivity index (χ2v) is 4.60. The molecule has 1 saturated heterocycles. The van der Waals surface area contributed by atoms with Gasteiger partial charge in [-0.25, -0.2) is 4.79 Å². The molecule has 3 atom stereocenters. The van der Waals surface area contributed by atoms with Crippen molar-refractivity contribution in [2.24, 2.45) is 5.92 Å².